The minimum atomic E-state index is -0.128. The Kier molecular flexibility index (Phi) is 3.19. The highest BCUT2D eigenvalue weighted by Gasteiger charge is 2.12. The topological polar surface area (TPSA) is 72.7 Å². The Morgan fingerprint density at radius 3 is 2.82 bits per heavy atom. The Morgan fingerprint density at radius 2 is 2.24 bits per heavy atom. The van der Waals surface area contributed by atoms with E-state index in [1.165, 1.54) is 16.0 Å². The molecule has 0 atom stereocenters. The summed E-state index contributed by atoms with van der Waals surface area (Å²) < 4.78 is 1.44. The molecule has 0 aromatic carbocycles. The first kappa shape index (κ1) is 11.7. The van der Waals surface area contributed by atoms with Gasteiger partial charge >= 0.3 is 0 Å². The summed E-state index contributed by atoms with van der Waals surface area (Å²) in [4.78, 5) is 12.1. The molecule has 2 aromatic heterocycles. The molecule has 7 heteroatoms. The minimum absolute atomic E-state index is 0.128. The van der Waals surface area contributed by atoms with Crippen molar-refractivity contribution in [3.8, 4) is 10.6 Å². The third-order valence-electron chi connectivity index (χ3n) is 2.27. The van der Waals surface area contributed by atoms with E-state index >= 15 is 0 Å². The van der Waals surface area contributed by atoms with Crippen LogP contribution in [0, 0.1) is 6.92 Å². The lowest BCUT2D eigenvalue weighted by atomic mass is 10.3. The molecule has 0 aliphatic heterocycles. The van der Waals surface area contributed by atoms with Gasteiger partial charge in [0.25, 0.3) is 5.56 Å². The number of rotatable bonds is 3. The van der Waals surface area contributed by atoms with Crippen LogP contribution in [0.3, 0.4) is 0 Å². The van der Waals surface area contributed by atoms with Gasteiger partial charge in [-0.15, -0.1) is 10.2 Å². The zero-order valence-electron chi connectivity index (χ0n) is 9.89. The molecule has 17 heavy (non-hydrogen) atoms. The first-order chi connectivity index (χ1) is 8.15. The molecule has 0 spiro atoms. The molecule has 0 saturated heterocycles. The van der Waals surface area contributed by atoms with Gasteiger partial charge in [0.1, 0.15) is 0 Å². The first-order valence-electron chi connectivity index (χ1n) is 5.26. The number of hydrogen-bond acceptors (Lipinski definition) is 6. The van der Waals surface area contributed by atoms with Gasteiger partial charge < -0.3 is 5.32 Å². The summed E-state index contributed by atoms with van der Waals surface area (Å²) >= 11 is 1.35. The molecule has 2 rings (SSSR count). The molecule has 2 aromatic rings. The molecule has 2 heterocycles. The van der Waals surface area contributed by atoms with Gasteiger partial charge in [-0.1, -0.05) is 11.3 Å². The second-order valence-electron chi connectivity index (χ2n) is 3.48. The smallest absolute Gasteiger partial charge is 0.277 e. The Hall–Kier alpha value is -1.76. The molecular weight excluding hydrogens is 238 g/mol. The van der Waals surface area contributed by atoms with Gasteiger partial charge in [0.05, 0.1) is 11.3 Å². The average Bonchev–Trinajstić information content (AvgIpc) is 2.80. The fourth-order valence-corrected chi connectivity index (χ4v) is 2.18. The van der Waals surface area contributed by atoms with Crippen molar-refractivity contribution in [3.63, 3.8) is 0 Å². The molecule has 0 aliphatic rings. The van der Waals surface area contributed by atoms with Crippen molar-refractivity contribution in [1.29, 1.82) is 0 Å². The van der Waals surface area contributed by atoms with E-state index in [0.717, 1.165) is 5.69 Å². The average molecular weight is 251 g/mol. The van der Waals surface area contributed by atoms with E-state index in [-0.39, 0.29) is 5.56 Å². The Labute approximate surface area is 102 Å². The van der Waals surface area contributed by atoms with Crippen molar-refractivity contribution >= 4 is 16.5 Å². The SMILES string of the molecule is CCn1nc(C)cc(-c2nnc(NC)s2)c1=O. The fraction of sp³-hybridized carbons (Fsp3) is 0.400. The minimum Gasteiger partial charge on any atom is -0.363 e. The molecule has 1 N–H and O–H groups in total. The van der Waals surface area contributed by atoms with Gasteiger partial charge in [0.2, 0.25) is 5.13 Å². The van der Waals surface area contributed by atoms with Gasteiger partial charge in [-0.2, -0.15) is 5.10 Å². The van der Waals surface area contributed by atoms with Crippen LogP contribution in [0.25, 0.3) is 10.6 Å². The Balaban J connectivity index is 2.58. The normalized spacial score (nSPS) is 10.5. The van der Waals surface area contributed by atoms with Gasteiger partial charge in [0, 0.05) is 13.6 Å². The number of nitrogens with zero attached hydrogens (tertiary/aromatic N) is 4. The van der Waals surface area contributed by atoms with Crippen LogP contribution in [-0.2, 0) is 6.54 Å². The van der Waals surface area contributed by atoms with E-state index in [1.807, 2.05) is 13.8 Å². The molecule has 0 bridgehead atoms. The number of aromatic nitrogens is 4. The van der Waals surface area contributed by atoms with Crippen LogP contribution in [0.15, 0.2) is 10.9 Å². The first-order valence-corrected chi connectivity index (χ1v) is 6.07. The quantitative estimate of drug-likeness (QED) is 0.885. The van der Waals surface area contributed by atoms with Crippen LogP contribution < -0.4 is 10.9 Å². The summed E-state index contributed by atoms with van der Waals surface area (Å²) in [5.41, 5.74) is 1.22. The molecule has 6 nitrogen and oxygen atoms in total. The predicted molar refractivity (Wildman–Crippen MR) is 67.4 cm³/mol. The van der Waals surface area contributed by atoms with Crippen LogP contribution in [0.1, 0.15) is 12.6 Å². The molecule has 0 amide bonds. The third-order valence-corrected chi connectivity index (χ3v) is 3.24. The number of nitrogens with one attached hydrogen (secondary N) is 1. The Morgan fingerprint density at radius 1 is 1.47 bits per heavy atom. The molecule has 0 saturated carbocycles. The monoisotopic (exact) mass is 251 g/mol. The molecular formula is C10H13N5OS. The second-order valence-corrected chi connectivity index (χ2v) is 4.46. The summed E-state index contributed by atoms with van der Waals surface area (Å²) in [6, 6.07) is 1.74. The van der Waals surface area contributed by atoms with Crippen LogP contribution in [0.4, 0.5) is 5.13 Å². The highest BCUT2D eigenvalue weighted by atomic mass is 32.1. The summed E-state index contributed by atoms with van der Waals surface area (Å²) in [7, 11) is 1.77. The van der Waals surface area contributed by atoms with Crippen LogP contribution in [0.2, 0.25) is 0 Å². The summed E-state index contributed by atoms with van der Waals surface area (Å²) in [6.07, 6.45) is 0. The zero-order chi connectivity index (χ0) is 12.4. The lowest BCUT2D eigenvalue weighted by Gasteiger charge is -2.03. The Bertz CT molecular complexity index is 589. The highest BCUT2D eigenvalue weighted by Crippen LogP contribution is 2.23. The second kappa shape index (κ2) is 4.62. The van der Waals surface area contributed by atoms with Gasteiger partial charge in [0.15, 0.2) is 5.01 Å². The van der Waals surface area contributed by atoms with Crippen LogP contribution >= 0.6 is 11.3 Å². The molecule has 0 fully saturated rings. The fourth-order valence-electron chi connectivity index (χ4n) is 1.47. The number of aryl methyl sites for hydroxylation is 2. The van der Waals surface area contributed by atoms with E-state index < -0.39 is 0 Å². The summed E-state index contributed by atoms with van der Waals surface area (Å²) in [6.45, 7) is 4.29. The third kappa shape index (κ3) is 2.19. The largest absolute Gasteiger partial charge is 0.363 e. The molecule has 0 radical (unpaired) electrons. The van der Waals surface area contributed by atoms with Crippen molar-refractivity contribution in [2.45, 2.75) is 20.4 Å². The van der Waals surface area contributed by atoms with E-state index in [1.54, 1.807) is 13.1 Å². The van der Waals surface area contributed by atoms with Gasteiger partial charge in [-0.25, -0.2) is 4.68 Å². The number of hydrogen-bond donors (Lipinski definition) is 1. The number of anilines is 1. The molecule has 90 valence electrons. The maximum Gasteiger partial charge on any atom is 0.277 e. The lowest BCUT2D eigenvalue weighted by molar-refractivity contribution is 0.607. The molecule has 0 unspecified atom stereocenters. The van der Waals surface area contributed by atoms with Crippen molar-refractivity contribution in [2.75, 3.05) is 12.4 Å². The van der Waals surface area contributed by atoms with E-state index in [0.29, 0.717) is 22.2 Å². The van der Waals surface area contributed by atoms with Gasteiger partial charge in [-0.05, 0) is 19.9 Å². The van der Waals surface area contributed by atoms with Crippen molar-refractivity contribution < 1.29 is 0 Å². The van der Waals surface area contributed by atoms with E-state index in [9.17, 15) is 4.79 Å². The van der Waals surface area contributed by atoms with E-state index in [2.05, 4.69) is 20.6 Å². The van der Waals surface area contributed by atoms with E-state index in [4.69, 9.17) is 0 Å². The van der Waals surface area contributed by atoms with Crippen LogP contribution in [-0.4, -0.2) is 27.0 Å². The van der Waals surface area contributed by atoms with Crippen LogP contribution in [0.5, 0.6) is 0 Å². The maximum absolute atomic E-state index is 12.1. The lowest BCUT2D eigenvalue weighted by Crippen LogP contribution is -2.24. The van der Waals surface area contributed by atoms with Gasteiger partial charge in [-0.3, -0.25) is 4.79 Å². The van der Waals surface area contributed by atoms with Crippen molar-refractivity contribution in [1.82, 2.24) is 20.0 Å². The predicted octanol–water partition coefficient (Wildman–Crippen LogP) is 1.13. The van der Waals surface area contributed by atoms with Crippen molar-refractivity contribution in [3.05, 3.63) is 22.1 Å². The zero-order valence-corrected chi connectivity index (χ0v) is 10.7. The standard InChI is InChI=1S/C10H13N5OS/c1-4-15-9(16)7(5-6(2)14-15)8-12-13-10(11-3)17-8/h5H,4H2,1-3H3,(H,11,13). The molecule has 0 aliphatic carbocycles. The maximum atomic E-state index is 12.1. The summed E-state index contributed by atoms with van der Waals surface area (Å²) in [5.74, 6) is 0. The highest BCUT2D eigenvalue weighted by molar-refractivity contribution is 7.18. The summed E-state index contributed by atoms with van der Waals surface area (Å²) in [5, 5.41) is 16.3. The van der Waals surface area contributed by atoms with Crippen molar-refractivity contribution in [2.24, 2.45) is 0 Å².